The number of nitriles is 2. The molecule has 2 aliphatic carbocycles. The maximum atomic E-state index is 9.49. The topological polar surface area (TPSA) is 119 Å². The van der Waals surface area contributed by atoms with Crippen molar-refractivity contribution in [3.63, 3.8) is 0 Å². The lowest BCUT2D eigenvalue weighted by molar-refractivity contribution is 0.0164. The predicted octanol–water partition coefficient (Wildman–Crippen LogP) is 13.6. The third kappa shape index (κ3) is 7.06. The van der Waals surface area contributed by atoms with Crippen LogP contribution in [0.25, 0.3) is 62.5 Å². The lowest BCUT2D eigenvalue weighted by Crippen LogP contribution is -2.39. The molecule has 4 aromatic heterocycles. The Hall–Kier alpha value is -5.48. The quantitative estimate of drug-likeness (QED) is 0.101. The molecule has 10 nitrogen and oxygen atoms in total. The molecule has 0 radical (unpaired) electrons. The molecule has 2 aliphatic heterocycles. The van der Waals surface area contributed by atoms with Crippen molar-refractivity contribution in [1.82, 2.24) is 9.97 Å². The van der Waals surface area contributed by atoms with Crippen LogP contribution >= 0.6 is 45.3 Å². The van der Waals surface area contributed by atoms with Gasteiger partial charge in [-0.1, -0.05) is 26.7 Å². The van der Waals surface area contributed by atoms with Crippen LogP contribution in [0.5, 0.6) is 23.0 Å². The van der Waals surface area contributed by atoms with Gasteiger partial charge in [-0.15, -0.1) is 45.3 Å². The number of thiophene rings is 2. The van der Waals surface area contributed by atoms with Crippen LogP contribution in [0.15, 0.2) is 35.7 Å². The number of ether oxygens (including phenoxy) is 4. The summed E-state index contributed by atoms with van der Waals surface area (Å²) in [6, 6.07) is 12.1. The molecule has 0 N–H and O–H groups in total. The van der Waals surface area contributed by atoms with Gasteiger partial charge in [-0.25, -0.2) is 9.97 Å². The Morgan fingerprint density at radius 1 is 0.683 bits per heavy atom. The molecule has 60 heavy (non-hydrogen) atoms. The SMILES string of the molecule is [C-]#[N+]C(=Cc1cc(OCCC)c(-c2nc3c(s2)-c2cc4c(cc2OC32CCCCC2)-c2sc(-c3sc(C=C(C#N)C#N)cc3OCCC)nc2C2(CCCCC2)O4)s1)[N+]#[C-]. The zero-order valence-electron chi connectivity index (χ0n) is 33.3. The third-order valence-electron chi connectivity index (χ3n) is 11.4. The van der Waals surface area contributed by atoms with Crippen LogP contribution in [0, 0.1) is 35.8 Å². The van der Waals surface area contributed by atoms with Gasteiger partial charge in [0.15, 0.2) is 11.2 Å². The van der Waals surface area contributed by atoms with E-state index in [4.69, 9.17) is 42.1 Å². The monoisotopic (exact) mass is 868 g/mol. The first-order valence-corrected chi connectivity index (χ1v) is 23.7. The highest BCUT2D eigenvalue weighted by molar-refractivity contribution is 7.25. The number of hydrogen-bond acceptors (Lipinski definition) is 12. The zero-order valence-corrected chi connectivity index (χ0v) is 36.6. The minimum atomic E-state index is -0.577. The first-order valence-electron chi connectivity index (χ1n) is 20.5. The summed E-state index contributed by atoms with van der Waals surface area (Å²) >= 11 is 6.26. The van der Waals surface area contributed by atoms with Crippen LogP contribution in [0.1, 0.15) is 112 Å². The summed E-state index contributed by atoms with van der Waals surface area (Å²) in [5, 5.41) is 20.7. The average Bonchev–Trinajstić information content (AvgIpc) is 4.09. The molecule has 4 aliphatic rings. The van der Waals surface area contributed by atoms with Crippen LogP contribution in [0.3, 0.4) is 0 Å². The molecule has 302 valence electrons. The van der Waals surface area contributed by atoms with Gasteiger partial charge in [0.05, 0.1) is 23.0 Å². The van der Waals surface area contributed by atoms with Crippen molar-refractivity contribution in [3.8, 4) is 75.8 Å². The number of thiazole rings is 2. The summed E-state index contributed by atoms with van der Waals surface area (Å²) in [6.45, 7) is 20.1. The minimum Gasteiger partial charge on any atom is -0.492 e. The van der Waals surface area contributed by atoms with E-state index in [9.17, 15) is 10.5 Å². The van der Waals surface area contributed by atoms with Gasteiger partial charge in [0.1, 0.15) is 85.0 Å². The first kappa shape index (κ1) is 40.0. The fourth-order valence-electron chi connectivity index (χ4n) is 8.65. The Kier molecular flexibility index (Phi) is 11.0. The van der Waals surface area contributed by atoms with E-state index in [1.54, 1.807) is 34.8 Å². The maximum absolute atomic E-state index is 9.49. The van der Waals surface area contributed by atoms with Crippen molar-refractivity contribution in [2.45, 2.75) is 102 Å². The molecule has 0 atom stereocenters. The highest BCUT2D eigenvalue weighted by Gasteiger charge is 2.49. The number of nitrogens with zero attached hydrogens (tertiary/aromatic N) is 6. The van der Waals surface area contributed by atoms with Gasteiger partial charge in [0, 0.05) is 27.0 Å². The van der Waals surface area contributed by atoms with Gasteiger partial charge in [-0.05, 0) is 94.5 Å². The van der Waals surface area contributed by atoms with E-state index in [1.807, 2.05) is 24.3 Å². The molecule has 2 fully saturated rings. The smallest absolute Gasteiger partial charge is 0.492 e. The number of aromatic nitrogens is 2. The molecule has 6 heterocycles. The summed E-state index contributed by atoms with van der Waals surface area (Å²) < 4.78 is 27.0. The van der Waals surface area contributed by atoms with Gasteiger partial charge >= 0.3 is 5.82 Å². The van der Waals surface area contributed by atoms with E-state index in [2.05, 4.69) is 35.7 Å². The Morgan fingerprint density at radius 2 is 1.13 bits per heavy atom. The number of hydrogen-bond donors (Lipinski definition) is 0. The van der Waals surface area contributed by atoms with Crippen molar-refractivity contribution in [2.75, 3.05) is 13.2 Å². The molecule has 0 amide bonds. The van der Waals surface area contributed by atoms with Crippen molar-refractivity contribution in [3.05, 3.63) is 79.6 Å². The fraction of sp³-hybridized carbons (Fsp3) is 0.391. The van der Waals surface area contributed by atoms with E-state index in [1.165, 1.54) is 22.7 Å². The maximum Gasteiger partial charge on any atom is 0.520 e. The van der Waals surface area contributed by atoms with Gasteiger partial charge in [0.25, 0.3) is 0 Å². The molecule has 1 aromatic carbocycles. The molecule has 5 aromatic rings. The summed E-state index contributed by atoms with van der Waals surface area (Å²) in [6.07, 6.45) is 14.8. The summed E-state index contributed by atoms with van der Waals surface area (Å²) in [5.74, 6) is 3.05. The predicted molar refractivity (Wildman–Crippen MR) is 238 cm³/mol. The molecule has 0 saturated heterocycles. The second-order valence-electron chi connectivity index (χ2n) is 15.4. The Balaban J connectivity index is 1.20. The molecule has 0 unspecified atom stereocenters. The highest BCUT2D eigenvalue weighted by atomic mass is 32.1. The van der Waals surface area contributed by atoms with E-state index < -0.39 is 11.2 Å². The lowest BCUT2D eigenvalue weighted by atomic mass is 9.78. The first-order chi connectivity index (χ1) is 29.3. The van der Waals surface area contributed by atoms with E-state index in [0.717, 1.165) is 150 Å². The largest absolute Gasteiger partial charge is 0.520 e. The van der Waals surface area contributed by atoms with Crippen LogP contribution in [0.4, 0.5) is 0 Å². The molecular weight excluding hydrogens is 829 g/mol. The van der Waals surface area contributed by atoms with E-state index in [-0.39, 0.29) is 11.4 Å². The van der Waals surface area contributed by atoms with Crippen LogP contribution in [0.2, 0.25) is 0 Å². The van der Waals surface area contributed by atoms with Gasteiger partial charge in [-0.3, -0.25) is 0 Å². The number of benzene rings is 1. The molecule has 0 bridgehead atoms. The summed E-state index contributed by atoms with van der Waals surface area (Å²) in [7, 11) is 0. The number of rotatable bonds is 10. The summed E-state index contributed by atoms with van der Waals surface area (Å²) in [4.78, 5) is 23.1. The van der Waals surface area contributed by atoms with Crippen molar-refractivity contribution >= 4 is 57.5 Å². The van der Waals surface area contributed by atoms with E-state index >= 15 is 0 Å². The Morgan fingerprint density at radius 3 is 1.55 bits per heavy atom. The second-order valence-corrected chi connectivity index (χ2v) is 19.6. The van der Waals surface area contributed by atoms with Crippen molar-refractivity contribution < 1.29 is 18.9 Å². The fourth-order valence-corrected chi connectivity index (χ4v) is 13.2. The van der Waals surface area contributed by atoms with Gasteiger partial charge in [0.2, 0.25) is 0 Å². The lowest BCUT2D eigenvalue weighted by Gasteiger charge is -2.43. The molecule has 14 heteroatoms. The minimum absolute atomic E-state index is 0.0100. The van der Waals surface area contributed by atoms with Gasteiger partial charge < -0.3 is 18.9 Å². The number of allylic oxidation sites excluding steroid dienone is 1. The third-order valence-corrected chi connectivity index (χ3v) is 16.0. The zero-order chi connectivity index (χ0) is 41.4. The average molecular weight is 869 g/mol. The Labute approximate surface area is 365 Å². The highest BCUT2D eigenvalue weighted by Crippen LogP contribution is 2.61. The van der Waals surface area contributed by atoms with Crippen molar-refractivity contribution in [2.24, 2.45) is 0 Å². The van der Waals surface area contributed by atoms with Crippen LogP contribution < -0.4 is 18.9 Å². The molecule has 9 rings (SSSR count). The van der Waals surface area contributed by atoms with Gasteiger partial charge in [-0.2, -0.15) is 20.2 Å². The molecular formula is C46H40N6O4S4. The summed E-state index contributed by atoms with van der Waals surface area (Å²) in [5.41, 5.74) is 2.75. The molecule has 2 spiro atoms. The standard InChI is InChI=1S/C46H40N6O4S4/c1-5-17-53-34-20-28(19-27(25-47)26-48)57-39(34)43-51-41-37(59-43)30-23-33-31(24-32(30)55-45(41)13-9-7-10-14-45)38-42(46(56-33)15-11-8-12-16-46)52-44(60-38)40-35(54-18-6-2)21-29(58-40)22-36(49-3)50-4/h19-24H,5-18H2,1-2H3. The van der Waals surface area contributed by atoms with Crippen molar-refractivity contribution in [1.29, 1.82) is 10.5 Å². The van der Waals surface area contributed by atoms with E-state index in [0.29, 0.717) is 24.7 Å². The Bertz CT molecular complexity index is 2510. The van der Waals surface area contributed by atoms with Crippen LogP contribution in [-0.4, -0.2) is 23.2 Å². The number of fused-ring (bicyclic) bond motifs is 8. The normalized spacial score (nSPS) is 16.2. The second kappa shape index (κ2) is 16.5. The van der Waals surface area contributed by atoms with Crippen LogP contribution in [-0.2, 0) is 11.2 Å². The molecule has 2 saturated carbocycles.